The van der Waals surface area contributed by atoms with Crippen LogP contribution < -0.4 is 15.4 Å². The zero-order valence-electron chi connectivity index (χ0n) is 15.1. The molecule has 26 heavy (non-hydrogen) atoms. The van der Waals surface area contributed by atoms with Crippen LogP contribution in [0.25, 0.3) is 0 Å². The molecule has 0 saturated carbocycles. The number of rotatable bonds is 5. The zero-order valence-corrected chi connectivity index (χ0v) is 16.0. The van der Waals surface area contributed by atoms with Gasteiger partial charge >= 0.3 is 6.03 Å². The number of hydrogen-bond donors (Lipinski definition) is 3. The number of aryl methyl sites for hydroxylation is 2. The third-order valence-electron chi connectivity index (χ3n) is 4.88. The monoisotopic (exact) mass is 379 g/mol. The van der Waals surface area contributed by atoms with Crippen LogP contribution in [0.5, 0.6) is 0 Å². The highest BCUT2D eigenvalue weighted by atomic mass is 32.2. The minimum atomic E-state index is -3.85. The highest BCUT2D eigenvalue weighted by Crippen LogP contribution is 2.38. The van der Waals surface area contributed by atoms with Crippen LogP contribution in [0, 0.1) is 0 Å². The first-order chi connectivity index (χ1) is 12.2. The zero-order chi connectivity index (χ0) is 18.9. The maximum atomic E-state index is 12.3. The number of urea groups is 1. The van der Waals surface area contributed by atoms with Gasteiger partial charge in [-0.2, -0.15) is 0 Å². The first kappa shape index (κ1) is 18.7. The Bertz CT molecular complexity index is 816. The van der Waals surface area contributed by atoms with E-state index in [1.54, 1.807) is 6.92 Å². The van der Waals surface area contributed by atoms with Crippen LogP contribution in [0.1, 0.15) is 48.9 Å². The van der Waals surface area contributed by atoms with E-state index < -0.39 is 22.1 Å². The van der Waals surface area contributed by atoms with Gasteiger partial charge in [-0.1, -0.05) is 6.07 Å². The summed E-state index contributed by atoms with van der Waals surface area (Å²) < 4.78 is 26.4. The van der Waals surface area contributed by atoms with E-state index in [0.717, 1.165) is 55.3 Å². The molecule has 3 N–H and O–H groups in total. The summed E-state index contributed by atoms with van der Waals surface area (Å²) in [6.45, 7) is 2.90. The van der Waals surface area contributed by atoms with Crippen molar-refractivity contribution in [2.75, 3.05) is 11.1 Å². The van der Waals surface area contributed by atoms with Gasteiger partial charge in [0.15, 0.2) is 0 Å². The second kappa shape index (κ2) is 7.26. The Morgan fingerprint density at radius 3 is 2.19 bits per heavy atom. The van der Waals surface area contributed by atoms with Crippen molar-refractivity contribution in [2.45, 2.75) is 58.4 Å². The van der Waals surface area contributed by atoms with Crippen LogP contribution in [-0.4, -0.2) is 32.2 Å². The quantitative estimate of drug-likeness (QED) is 0.723. The Kier molecular flexibility index (Phi) is 5.22. The fourth-order valence-corrected chi connectivity index (χ4v) is 5.17. The van der Waals surface area contributed by atoms with Crippen molar-refractivity contribution in [3.05, 3.63) is 28.3 Å². The van der Waals surface area contributed by atoms with Crippen molar-refractivity contribution in [1.29, 1.82) is 0 Å². The van der Waals surface area contributed by atoms with E-state index in [1.165, 1.54) is 18.1 Å². The maximum absolute atomic E-state index is 12.3. The fourth-order valence-electron chi connectivity index (χ4n) is 4.01. The molecule has 3 rings (SSSR count). The molecule has 7 nitrogen and oxygen atoms in total. The van der Waals surface area contributed by atoms with Crippen LogP contribution in [0.15, 0.2) is 6.07 Å². The smallest absolute Gasteiger partial charge is 0.332 e. The van der Waals surface area contributed by atoms with E-state index in [9.17, 15) is 18.0 Å². The van der Waals surface area contributed by atoms with Crippen LogP contribution in [0.3, 0.4) is 0 Å². The standard InChI is InChI=1S/C18H25N3O4S/c1-11(19-12(2)22)10-26(24,25)21-18(23)20-17-15-7-3-5-13(15)9-14-6-4-8-16(14)17/h9,11H,3-8,10H2,1-2H3,(H,19,22)(H2,20,21,23). The van der Waals surface area contributed by atoms with E-state index in [1.807, 2.05) is 0 Å². The number of amides is 3. The lowest BCUT2D eigenvalue weighted by molar-refractivity contribution is -0.119. The van der Waals surface area contributed by atoms with Crippen molar-refractivity contribution in [3.8, 4) is 0 Å². The van der Waals surface area contributed by atoms with Gasteiger partial charge in [0.1, 0.15) is 0 Å². The molecule has 0 heterocycles. The third-order valence-corrected chi connectivity index (χ3v) is 6.31. The molecule has 0 spiro atoms. The second-order valence-corrected chi connectivity index (χ2v) is 8.94. The van der Waals surface area contributed by atoms with Gasteiger partial charge in [0, 0.05) is 18.7 Å². The summed E-state index contributed by atoms with van der Waals surface area (Å²) in [5.74, 6) is -0.669. The molecule has 1 unspecified atom stereocenters. The lowest BCUT2D eigenvalue weighted by Gasteiger charge is -2.17. The summed E-state index contributed by atoms with van der Waals surface area (Å²) in [5.41, 5.74) is 5.62. The maximum Gasteiger partial charge on any atom is 0.332 e. The Hall–Kier alpha value is -2.09. The molecule has 1 aromatic rings. The third kappa shape index (κ3) is 4.17. The number of hydrogen-bond acceptors (Lipinski definition) is 4. The van der Waals surface area contributed by atoms with Gasteiger partial charge < -0.3 is 10.6 Å². The molecule has 2 aliphatic rings. The van der Waals surface area contributed by atoms with E-state index in [0.29, 0.717) is 0 Å². The second-order valence-electron chi connectivity index (χ2n) is 7.17. The Labute approximate surface area is 154 Å². The van der Waals surface area contributed by atoms with Crippen molar-refractivity contribution in [2.24, 2.45) is 0 Å². The normalized spacial score (nSPS) is 16.5. The van der Waals surface area contributed by atoms with Crippen molar-refractivity contribution in [3.63, 3.8) is 0 Å². The summed E-state index contributed by atoms with van der Waals surface area (Å²) in [5, 5.41) is 5.30. The number of carbonyl (C=O) groups excluding carboxylic acids is 2. The summed E-state index contributed by atoms with van der Waals surface area (Å²) in [7, 11) is -3.85. The molecule has 1 aromatic carbocycles. The minimum absolute atomic E-state index is 0.312. The average Bonchev–Trinajstić information content (AvgIpc) is 3.12. The van der Waals surface area contributed by atoms with Gasteiger partial charge in [-0.3, -0.25) is 4.79 Å². The molecule has 0 radical (unpaired) electrons. The molecule has 1 atom stereocenters. The summed E-state index contributed by atoms with van der Waals surface area (Å²) in [6.07, 6.45) is 5.94. The first-order valence-corrected chi connectivity index (χ1v) is 10.7. The summed E-state index contributed by atoms with van der Waals surface area (Å²) in [6, 6.07) is 0.928. The Morgan fingerprint density at radius 1 is 1.08 bits per heavy atom. The van der Waals surface area contributed by atoms with Gasteiger partial charge in [0.05, 0.1) is 5.75 Å². The summed E-state index contributed by atoms with van der Waals surface area (Å²) in [4.78, 5) is 23.4. The SMILES string of the molecule is CC(=O)NC(C)CS(=O)(=O)NC(=O)Nc1c2c(cc3c1CCC3)CCC2. The van der Waals surface area contributed by atoms with E-state index in [4.69, 9.17) is 0 Å². The number of sulfonamides is 1. The van der Waals surface area contributed by atoms with E-state index >= 15 is 0 Å². The highest BCUT2D eigenvalue weighted by Gasteiger charge is 2.26. The van der Waals surface area contributed by atoms with Gasteiger partial charge in [-0.05, 0) is 67.7 Å². The number of benzene rings is 1. The number of anilines is 1. The van der Waals surface area contributed by atoms with Gasteiger partial charge in [-0.25, -0.2) is 17.9 Å². The Balaban J connectivity index is 1.72. The molecule has 0 saturated heterocycles. The molecule has 2 aliphatic carbocycles. The molecule has 0 aliphatic heterocycles. The Morgan fingerprint density at radius 2 is 1.65 bits per heavy atom. The van der Waals surface area contributed by atoms with Crippen molar-refractivity contribution >= 4 is 27.6 Å². The molecule has 142 valence electrons. The average molecular weight is 379 g/mol. The molecule has 0 aromatic heterocycles. The number of nitrogens with one attached hydrogen (secondary N) is 3. The van der Waals surface area contributed by atoms with Crippen molar-refractivity contribution < 1.29 is 18.0 Å². The predicted octanol–water partition coefficient (Wildman–Crippen LogP) is 1.64. The van der Waals surface area contributed by atoms with E-state index in [2.05, 4.69) is 21.4 Å². The van der Waals surface area contributed by atoms with Crippen LogP contribution in [0.2, 0.25) is 0 Å². The van der Waals surface area contributed by atoms with Gasteiger partial charge in [-0.15, -0.1) is 0 Å². The molecule has 0 fully saturated rings. The molecule has 0 bridgehead atoms. The highest BCUT2D eigenvalue weighted by molar-refractivity contribution is 7.90. The van der Waals surface area contributed by atoms with Gasteiger partial charge in [0.2, 0.25) is 15.9 Å². The minimum Gasteiger partial charge on any atom is -0.353 e. The topological polar surface area (TPSA) is 104 Å². The van der Waals surface area contributed by atoms with Gasteiger partial charge in [0.25, 0.3) is 0 Å². The fraction of sp³-hybridized carbons (Fsp3) is 0.556. The summed E-state index contributed by atoms with van der Waals surface area (Å²) >= 11 is 0. The number of fused-ring (bicyclic) bond motifs is 2. The van der Waals surface area contributed by atoms with Crippen LogP contribution >= 0.6 is 0 Å². The lowest BCUT2D eigenvalue weighted by Crippen LogP contribution is -2.43. The first-order valence-electron chi connectivity index (χ1n) is 9.00. The molecular weight excluding hydrogens is 354 g/mol. The molecule has 8 heteroatoms. The van der Waals surface area contributed by atoms with E-state index in [-0.39, 0.29) is 11.7 Å². The van der Waals surface area contributed by atoms with Crippen molar-refractivity contribution in [1.82, 2.24) is 10.0 Å². The van der Waals surface area contributed by atoms with Crippen LogP contribution in [0.4, 0.5) is 10.5 Å². The largest absolute Gasteiger partial charge is 0.353 e. The lowest BCUT2D eigenvalue weighted by atomic mass is 9.99. The molecular formula is C18H25N3O4S. The predicted molar refractivity (Wildman–Crippen MR) is 99.7 cm³/mol. The van der Waals surface area contributed by atoms with Crippen LogP contribution in [-0.2, 0) is 40.5 Å². The molecule has 3 amide bonds. The number of carbonyl (C=O) groups is 2.